The van der Waals surface area contributed by atoms with Crippen molar-refractivity contribution in [2.24, 2.45) is 0 Å². The van der Waals surface area contributed by atoms with Gasteiger partial charge < -0.3 is 0 Å². The van der Waals surface area contributed by atoms with Gasteiger partial charge in [-0.15, -0.1) is 0 Å². The minimum Gasteiger partial charge on any atom is -0.236 e. The fourth-order valence-corrected chi connectivity index (χ4v) is 1.72. The van der Waals surface area contributed by atoms with Crippen LogP contribution in [0.3, 0.4) is 0 Å². The molecule has 2 nitrogen and oxygen atoms in total. The molecule has 2 rings (SSSR count). The van der Waals surface area contributed by atoms with Crippen LogP contribution >= 0.6 is 11.6 Å². The molecule has 6 heteroatoms. The first-order valence-electron chi connectivity index (χ1n) is 4.92. The van der Waals surface area contributed by atoms with Gasteiger partial charge in [-0.25, -0.2) is 17.9 Å². The third-order valence-electron chi connectivity index (χ3n) is 2.30. The predicted octanol–water partition coefficient (Wildman–Crippen LogP) is 3.51. The number of aryl methyl sites for hydroxylation is 1. The molecule has 0 spiro atoms. The van der Waals surface area contributed by atoms with Crippen molar-refractivity contribution in [1.29, 1.82) is 0 Å². The lowest BCUT2D eigenvalue weighted by Crippen LogP contribution is -2.02. The summed E-state index contributed by atoms with van der Waals surface area (Å²) in [5.74, 6) is -3.29. The molecule has 2 aromatic rings. The molecule has 1 aromatic heterocycles. The molecule has 0 atom stereocenters. The van der Waals surface area contributed by atoms with Gasteiger partial charge in [0.05, 0.1) is 10.7 Å². The van der Waals surface area contributed by atoms with Crippen molar-refractivity contribution in [1.82, 2.24) is 9.78 Å². The quantitative estimate of drug-likeness (QED) is 0.756. The van der Waals surface area contributed by atoms with E-state index in [2.05, 4.69) is 5.10 Å². The molecule has 1 heterocycles. The van der Waals surface area contributed by atoms with Crippen molar-refractivity contribution >= 4 is 11.6 Å². The predicted molar refractivity (Wildman–Crippen MR) is 57.8 cm³/mol. The Balaban J connectivity index is 2.59. The highest BCUT2D eigenvalue weighted by atomic mass is 35.5. The number of hydrogen-bond acceptors (Lipinski definition) is 1. The molecule has 0 N–H and O–H groups in total. The summed E-state index contributed by atoms with van der Waals surface area (Å²) in [6, 6.07) is 1.34. The van der Waals surface area contributed by atoms with Crippen LogP contribution in [0.4, 0.5) is 13.2 Å². The Kier molecular flexibility index (Phi) is 3.11. The standard InChI is InChI=1S/C11H8ClF3N2/c1-2-9-7(12)5-17(16-9)10-4-6(13)3-8(14)11(10)15/h3-5H,2H2,1H3. The molecule has 0 saturated heterocycles. The molecule has 0 radical (unpaired) electrons. The lowest BCUT2D eigenvalue weighted by molar-refractivity contribution is 0.487. The maximum absolute atomic E-state index is 13.5. The summed E-state index contributed by atoms with van der Waals surface area (Å²) < 4.78 is 40.5. The Morgan fingerprint density at radius 3 is 2.59 bits per heavy atom. The lowest BCUT2D eigenvalue weighted by Gasteiger charge is -2.04. The molecule has 0 fully saturated rings. The van der Waals surface area contributed by atoms with Gasteiger partial charge >= 0.3 is 0 Å². The Morgan fingerprint density at radius 1 is 1.29 bits per heavy atom. The average molecular weight is 261 g/mol. The van der Waals surface area contributed by atoms with Crippen molar-refractivity contribution in [3.63, 3.8) is 0 Å². The number of benzene rings is 1. The van der Waals surface area contributed by atoms with Crippen molar-refractivity contribution in [2.45, 2.75) is 13.3 Å². The van der Waals surface area contributed by atoms with Gasteiger partial charge in [-0.05, 0) is 6.42 Å². The van der Waals surface area contributed by atoms with Gasteiger partial charge in [-0.2, -0.15) is 5.10 Å². The molecular weight excluding hydrogens is 253 g/mol. The van der Waals surface area contributed by atoms with Gasteiger partial charge in [-0.1, -0.05) is 18.5 Å². The van der Waals surface area contributed by atoms with Crippen LogP contribution in [-0.4, -0.2) is 9.78 Å². The summed E-state index contributed by atoms with van der Waals surface area (Å²) in [6.45, 7) is 1.82. The second-order valence-electron chi connectivity index (χ2n) is 3.44. The van der Waals surface area contributed by atoms with E-state index in [0.29, 0.717) is 23.2 Å². The zero-order valence-corrected chi connectivity index (χ0v) is 9.60. The number of rotatable bonds is 2. The summed E-state index contributed by atoms with van der Waals surface area (Å²) in [7, 11) is 0. The normalized spacial score (nSPS) is 10.9. The molecule has 17 heavy (non-hydrogen) atoms. The van der Waals surface area contributed by atoms with E-state index in [-0.39, 0.29) is 5.69 Å². The monoisotopic (exact) mass is 260 g/mol. The zero-order valence-electron chi connectivity index (χ0n) is 8.85. The van der Waals surface area contributed by atoms with Gasteiger partial charge in [0.1, 0.15) is 11.5 Å². The van der Waals surface area contributed by atoms with Crippen LogP contribution < -0.4 is 0 Å². The number of halogens is 4. The smallest absolute Gasteiger partial charge is 0.184 e. The highest BCUT2D eigenvalue weighted by molar-refractivity contribution is 6.31. The fraction of sp³-hybridized carbons (Fsp3) is 0.182. The summed E-state index contributed by atoms with van der Waals surface area (Å²) in [4.78, 5) is 0. The van der Waals surface area contributed by atoms with E-state index in [0.717, 1.165) is 10.7 Å². The van der Waals surface area contributed by atoms with E-state index in [1.807, 2.05) is 6.92 Å². The molecule has 0 aliphatic rings. The molecule has 0 aliphatic heterocycles. The van der Waals surface area contributed by atoms with Gasteiger partial charge in [-0.3, -0.25) is 0 Å². The van der Waals surface area contributed by atoms with Gasteiger partial charge in [0.25, 0.3) is 0 Å². The third-order valence-corrected chi connectivity index (χ3v) is 2.61. The number of hydrogen-bond donors (Lipinski definition) is 0. The van der Waals surface area contributed by atoms with Crippen LogP contribution in [0.2, 0.25) is 5.02 Å². The fourth-order valence-electron chi connectivity index (χ4n) is 1.46. The molecule has 0 saturated carbocycles. The molecule has 0 aliphatic carbocycles. The van der Waals surface area contributed by atoms with Crippen LogP contribution in [0.25, 0.3) is 5.69 Å². The molecule has 1 aromatic carbocycles. The molecule has 90 valence electrons. The average Bonchev–Trinajstić information content (AvgIpc) is 2.64. The van der Waals surface area contributed by atoms with Crippen LogP contribution in [0, 0.1) is 17.5 Å². The van der Waals surface area contributed by atoms with Crippen molar-refractivity contribution in [3.8, 4) is 5.69 Å². The molecule has 0 unspecified atom stereocenters. The van der Waals surface area contributed by atoms with Crippen molar-refractivity contribution in [2.75, 3.05) is 0 Å². The Bertz CT molecular complexity index is 566. The zero-order chi connectivity index (χ0) is 12.6. The highest BCUT2D eigenvalue weighted by Crippen LogP contribution is 2.22. The SMILES string of the molecule is CCc1nn(-c2cc(F)cc(F)c2F)cc1Cl. The third kappa shape index (κ3) is 2.15. The van der Waals surface area contributed by atoms with E-state index in [4.69, 9.17) is 11.6 Å². The number of nitrogens with zero attached hydrogens (tertiary/aromatic N) is 2. The van der Waals surface area contributed by atoms with E-state index >= 15 is 0 Å². The van der Waals surface area contributed by atoms with E-state index in [1.54, 1.807) is 0 Å². The minimum absolute atomic E-state index is 0.302. The summed E-state index contributed by atoms with van der Waals surface area (Å²) >= 11 is 5.83. The van der Waals surface area contributed by atoms with Crippen LogP contribution in [0.1, 0.15) is 12.6 Å². The second kappa shape index (κ2) is 4.41. The van der Waals surface area contributed by atoms with E-state index in [9.17, 15) is 13.2 Å². The van der Waals surface area contributed by atoms with E-state index < -0.39 is 17.5 Å². The molecular formula is C11H8ClF3N2. The Labute approximate surface area is 101 Å². The van der Waals surface area contributed by atoms with Crippen molar-refractivity contribution < 1.29 is 13.2 Å². The summed E-state index contributed by atoms with van der Waals surface area (Å²) in [6.07, 6.45) is 1.86. The van der Waals surface area contributed by atoms with Crippen LogP contribution in [0.15, 0.2) is 18.3 Å². The largest absolute Gasteiger partial charge is 0.236 e. The van der Waals surface area contributed by atoms with Gasteiger partial charge in [0, 0.05) is 18.3 Å². The van der Waals surface area contributed by atoms with Crippen molar-refractivity contribution in [3.05, 3.63) is 46.5 Å². The highest BCUT2D eigenvalue weighted by Gasteiger charge is 2.15. The Hall–Kier alpha value is -1.49. The van der Waals surface area contributed by atoms with Gasteiger partial charge in [0.15, 0.2) is 11.6 Å². The van der Waals surface area contributed by atoms with E-state index in [1.165, 1.54) is 6.20 Å². The van der Waals surface area contributed by atoms with Gasteiger partial charge in [0.2, 0.25) is 0 Å². The first-order chi connectivity index (χ1) is 8.02. The van der Waals surface area contributed by atoms with Crippen LogP contribution in [-0.2, 0) is 6.42 Å². The minimum atomic E-state index is -1.26. The second-order valence-corrected chi connectivity index (χ2v) is 3.85. The summed E-state index contributed by atoms with van der Waals surface area (Å²) in [5, 5.41) is 4.28. The molecule has 0 bridgehead atoms. The maximum atomic E-state index is 13.5. The Morgan fingerprint density at radius 2 is 2.00 bits per heavy atom. The molecule has 0 amide bonds. The lowest BCUT2D eigenvalue weighted by atomic mass is 10.3. The topological polar surface area (TPSA) is 17.8 Å². The number of aromatic nitrogens is 2. The summed E-state index contributed by atoms with van der Waals surface area (Å²) in [5.41, 5.74) is 0.236. The first-order valence-corrected chi connectivity index (χ1v) is 5.29. The first kappa shape index (κ1) is 12.0. The van der Waals surface area contributed by atoms with Crippen LogP contribution in [0.5, 0.6) is 0 Å². The maximum Gasteiger partial charge on any atom is 0.184 e.